The van der Waals surface area contributed by atoms with Gasteiger partial charge in [-0.15, -0.1) is 0 Å². The number of hydrogen-bond donors (Lipinski definition) is 1. The standard InChI is InChI=1S/C7H9ClO4/c1-2-12-7(11)4-5(8)3-6(9)10/h4H,2-3H2,1H3,(H,9,10). The molecule has 0 rings (SSSR count). The molecular formula is C7H9ClO4. The van der Waals surface area contributed by atoms with Gasteiger partial charge in [0, 0.05) is 11.1 Å². The smallest absolute Gasteiger partial charge is 0.331 e. The van der Waals surface area contributed by atoms with E-state index in [9.17, 15) is 9.59 Å². The Bertz CT molecular complexity index is 209. The summed E-state index contributed by atoms with van der Waals surface area (Å²) in [5, 5.41) is 8.21. The number of carbonyl (C=O) groups is 2. The molecule has 0 heterocycles. The van der Waals surface area contributed by atoms with E-state index in [1.54, 1.807) is 6.92 Å². The fourth-order valence-electron chi connectivity index (χ4n) is 0.507. The zero-order valence-electron chi connectivity index (χ0n) is 6.54. The lowest BCUT2D eigenvalue weighted by Crippen LogP contribution is -2.01. The maximum absolute atomic E-state index is 10.7. The maximum Gasteiger partial charge on any atom is 0.331 e. The molecule has 0 aromatic rings. The number of esters is 1. The highest BCUT2D eigenvalue weighted by molar-refractivity contribution is 6.31. The van der Waals surface area contributed by atoms with Crippen LogP contribution >= 0.6 is 11.6 Å². The molecule has 0 saturated heterocycles. The van der Waals surface area contributed by atoms with Crippen molar-refractivity contribution in [3.63, 3.8) is 0 Å². The van der Waals surface area contributed by atoms with Crippen LogP contribution in [0.2, 0.25) is 0 Å². The van der Waals surface area contributed by atoms with Crippen molar-refractivity contribution in [3.8, 4) is 0 Å². The van der Waals surface area contributed by atoms with Crippen molar-refractivity contribution in [2.75, 3.05) is 6.61 Å². The second-order valence-corrected chi connectivity index (χ2v) is 2.40. The maximum atomic E-state index is 10.7. The molecule has 4 nitrogen and oxygen atoms in total. The predicted octanol–water partition coefficient (Wildman–Crippen LogP) is 1.15. The van der Waals surface area contributed by atoms with Crippen LogP contribution in [0.15, 0.2) is 11.1 Å². The Kier molecular flexibility index (Phi) is 5.12. The number of carboxylic acids is 1. The number of ether oxygens (including phenoxy) is 1. The summed E-state index contributed by atoms with van der Waals surface area (Å²) in [6.07, 6.45) is 0.597. The molecule has 68 valence electrons. The van der Waals surface area contributed by atoms with Gasteiger partial charge < -0.3 is 9.84 Å². The van der Waals surface area contributed by atoms with Gasteiger partial charge in [-0.3, -0.25) is 4.79 Å². The molecule has 12 heavy (non-hydrogen) atoms. The summed E-state index contributed by atoms with van der Waals surface area (Å²) in [6, 6.07) is 0. The quantitative estimate of drug-likeness (QED) is 0.536. The van der Waals surface area contributed by atoms with E-state index in [0.29, 0.717) is 0 Å². The average molecular weight is 193 g/mol. The van der Waals surface area contributed by atoms with E-state index in [2.05, 4.69) is 4.74 Å². The van der Waals surface area contributed by atoms with E-state index in [1.165, 1.54) is 0 Å². The van der Waals surface area contributed by atoms with Crippen molar-refractivity contribution in [1.29, 1.82) is 0 Å². The highest BCUT2D eigenvalue weighted by Crippen LogP contribution is 2.06. The van der Waals surface area contributed by atoms with Gasteiger partial charge in [0.15, 0.2) is 0 Å². The van der Waals surface area contributed by atoms with Crippen LogP contribution in [-0.2, 0) is 14.3 Å². The Morgan fingerprint density at radius 3 is 2.58 bits per heavy atom. The molecule has 0 spiro atoms. The van der Waals surface area contributed by atoms with E-state index in [0.717, 1.165) is 6.08 Å². The molecule has 0 aromatic heterocycles. The summed E-state index contributed by atoms with van der Waals surface area (Å²) in [7, 11) is 0. The molecule has 0 aromatic carbocycles. The van der Waals surface area contributed by atoms with Crippen molar-refractivity contribution >= 4 is 23.5 Å². The van der Waals surface area contributed by atoms with Gasteiger partial charge in [-0.05, 0) is 6.92 Å². The Balaban J connectivity index is 3.97. The molecule has 5 heteroatoms. The van der Waals surface area contributed by atoms with Crippen LogP contribution in [0, 0.1) is 0 Å². The number of carboxylic acid groups (broad SMARTS) is 1. The summed E-state index contributed by atoms with van der Waals surface area (Å²) < 4.78 is 4.50. The fraction of sp³-hybridized carbons (Fsp3) is 0.429. The van der Waals surface area contributed by atoms with Crippen LogP contribution in [-0.4, -0.2) is 23.7 Å². The van der Waals surface area contributed by atoms with Crippen molar-refractivity contribution in [3.05, 3.63) is 11.1 Å². The second kappa shape index (κ2) is 5.60. The van der Waals surface area contributed by atoms with Crippen LogP contribution in [0.1, 0.15) is 13.3 Å². The van der Waals surface area contributed by atoms with E-state index in [1.807, 2.05) is 0 Å². The minimum absolute atomic E-state index is 0.0408. The molecule has 0 aliphatic carbocycles. The highest BCUT2D eigenvalue weighted by Gasteiger charge is 2.03. The molecule has 0 bridgehead atoms. The van der Waals surface area contributed by atoms with Gasteiger partial charge in [0.05, 0.1) is 13.0 Å². The third-order valence-electron chi connectivity index (χ3n) is 0.881. The molecule has 0 amide bonds. The van der Waals surface area contributed by atoms with Gasteiger partial charge >= 0.3 is 11.9 Å². The lowest BCUT2D eigenvalue weighted by atomic mass is 10.4. The zero-order chi connectivity index (χ0) is 9.56. The number of rotatable bonds is 4. The van der Waals surface area contributed by atoms with Crippen LogP contribution in [0.4, 0.5) is 0 Å². The number of hydrogen-bond acceptors (Lipinski definition) is 3. The highest BCUT2D eigenvalue weighted by atomic mass is 35.5. The normalized spacial score (nSPS) is 11.0. The largest absolute Gasteiger partial charge is 0.481 e. The van der Waals surface area contributed by atoms with Crippen molar-refractivity contribution in [2.45, 2.75) is 13.3 Å². The number of aliphatic carboxylic acids is 1. The van der Waals surface area contributed by atoms with Crippen LogP contribution in [0.5, 0.6) is 0 Å². The van der Waals surface area contributed by atoms with Crippen molar-refractivity contribution < 1.29 is 19.4 Å². The molecular weight excluding hydrogens is 184 g/mol. The van der Waals surface area contributed by atoms with Gasteiger partial charge in [0.25, 0.3) is 0 Å². The summed E-state index contributed by atoms with van der Waals surface area (Å²) in [5.41, 5.74) is 0. The molecule has 1 N–H and O–H groups in total. The predicted molar refractivity (Wildman–Crippen MR) is 42.8 cm³/mol. The van der Waals surface area contributed by atoms with E-state index in [-0.39, 0.29) is 18.1 Å². The lowest BCUT2D eigenvalue weighted by Gasteiger charge is -1.96. The first-order valence-electron chi connectivity index (χ1n) is 3.31. The van der Waals surface area contributed by atoms with Crippen LogP contribution in [0.25, 0.3) is 0 Å². The lowest BCUT2D eigenvalue weighted by molar-refractivity contribution is -0.137. The molecule has 0 aliphatic heterocycles. The Labute approximate surface area is 74.8 Å². The van der Waals surface area contributed by atoms with Gasteiger partial charge in [0.2, 0.25) is 0 Å². The van der Waals surface area contributed by atoms with Gasteiger partial charge in [-0.1, -0.05) is 11.6 Å². The van der Waals surface area contributed by atoms with Crippen LogP contribution < -0.4 is 0 Å². The van der Waals surface area contributed by atoms with Crippen LogP contribution in [0.3, 0.4) is 0 Å². The average Bonchev–Trinajstić information content (AvgIpc) is 1.84. The van der Waals surface area contributed by atoms with Crippen molar-refractivity contribution in [1.82, 2.24) is 0 Å². The zero-order valence-corrected chi connectivity index (χ0v) is 7.30. The van der Waals surface area contributed by atoms with Gasteiger partial charge in [0.1, 0.15) is 0 Å². The minimum atomic E-state index is -1.08. The first kappa shape index (κ1) is 11.0. The second-order valence-electron chi connectivity index (χ2n) is 1.91. The summed E-state index contributed by atoms with van der Waals surface area (Å²) in [4.78, 5) is 20.7. The first-order valence-corrected chi connectivity index (χ1v) is 3.68. The minimum Gasteiger partial charge on any atom is -0.481 e. The Morgan fingerprint density at radius 1 is 1.58 bits per heavy atom. The van der Waals surface area contributed by atoms with Crippen molar-refractivity contribution in [2.24, 2.45) is 0 Å². The summed E-state index contributed by atoms with van der Waals surface area (Å²) in [5.74, 6) is -1.70. The topological polar surface area (TPSA) is 63.6 Å². The van der Waals surface area contributed by atoms with E-state index < -0.39 is 11.9 Å². The molecule has 0 saturated carbocycles. The molecule has 0 aliphatic rings. The SMILES string of the molecule is CCOC(=O)C=C(Cl)CC(=O)O. The number of carbonyl (C=O) groups excluding carboxylic acids is 1. The third-order valence-corrected chi connectivity index (χ3v) is 1.12. The molecule has 0 radical (unpaired) electrons. The Morgan fingerprint density at radius 2 is 2.17 bits per heavy atom. The Hall–Kier alpha value is -1.03. The first-order chi connectivity index (χ1) is 5.56. The summed E-state index contributed by atoms with van der Waals surface area (Å²) >= 11 is 5.39. The van der Waals surface area contributed by atoms with E-state index in [4.69, 9.17) is 16.7 Å². The van der Waals surface area contributed by atoms with Gasteiger partial charge in [-0.2, -0.15) is 0 Å². The van der Waals surface area contributed by atoms with Gasteiger partial charge in [-0.25, -0.2) is 4.79 Å². The number of halogens is 1. The molecule has 0 unspecified atom stereocenters. The fourth-order valence-corrected chi connectivity index (χ4v) is 0.711. The van der Waals surface area contributed by atoms with E-state index >= 15 is 0 Å². The summed E-state index contributed by atoms with van der Waals surface area (Å²) in [6.45, 7) is 1.89. The molecule has 0 atom stereocenters. The monoisotopic (exact) mass is 192 g/mol. The third kappa shape index (κ3) is 5.73. The molecule has 0 fully saturated rings.